The van der Waals surface area contributed by atoms with Crippen molar-refractivity contribution in [3.05, 3.63) is 0 Å². The van der Waals surface area contributed by atoms with E-state index in [9.17, 15) is 0 Å². The Morgan fingerprint density at radius 3 is 2.12 bits per heavy atom. The number of nitrogens with zero attached hydrogens (tertiary/aromatic N) is 1. The second-order valence-electron chi connectivity index (χ2n) is 8.29. The van der Waals surface area contributed by atoms with Crippen LogP contribution in [-0.2, 0) is 0 Å². The Morgan fingerprint density at radius 2 is 1.59 bits per heavy atom. The molecule has 2 heteroatoms. The van der Waals surface area contributed by atoms with Gasteiger partial charge in [-0.3, -0.25) is 0 Å². The van der Waals surface area contributed by atoms with Crippen LogP contribution in [0.15, 0.2) is 0 Å². The van der Waals surface area contributed by atoms with Crippen molar-refractivity contribution in [2.45, 2.75) is 46.5 Å². The molecule has 98 valence electrons. The predicted octanol–water partition coefficient (Wildman–Crippen LogP) is 2.50. The zero-order valence-corrected chi connectivity index (χ0v) is 11.8. The van der Waals surface area contributed by atoms with Crippen LogP contribution in [-0.4, -0.2) is 37.6 Å². The van der Waals surface area contributed by atoms with Crippen LogP contribution in [0.2, 0.25) is 0 Å². The summed E-state index contributed by atoms with van der Waals surface area (Å²) in [4.78, 5) is 2.69. The molecule has 0 aromatic rings. The van der Waals surface area contributed by atoms with E-state index in [1.54, 1.807) is 0 Å². The molecule has 1 heterocycles. The van der Waals surface area contributed by atoms with Gasteiger partial charge in [0.15, 0.2) is 0 Å². The maximum absolute atomic E-state index is 3.45. The third-order valence-corrected chi connectivity index (χ3v) is 4.92. The monoisotopic (exact) mass is 236 g/mol. The number of rotatable bonds is 3. The van der Waals surface area contributed by atoms with Gasteiger partial charge < -0.3 is 10.2 Å². The molecule has 1 aliphatic heterocycles. The molecule has 4 aliphatic rings. The first kappa shape index (κ1) is 12.0. The number of piperazine rings is 1. The second-order valence-corrected chi connectivity index (χ2v) is 8.29. The number of nitrogens with one attached hydrogen (secondary N) is 1. The van der Waals surface area contributed by atoms with Crippen LogP contribution in [0.5, 0.6) is 0 Å². The van der Waals surface area contributed by atoms with Gasteiger partial charge in [-0.25, -0.2) is 0 Å². The normalized spacial score (nSPS) is 41.8. The minimum atomic E-state index is 0.529. The third kappa shape index (κ3) is 2.26. The summed E-state index contributed by atoms with van der Waals surface area (Å²) in [6.45, 7) is 13.5. The average Bonchev–Trinajstić information content (AvgIpc) is 2.12. The fourth-order valence-corrected chi connectivity index (χ4v) is 5.05. The second kappa shape index (κ2) is 3.71. The molecule has 2 nitrogen and oxygen atoms in total. The van der Waals surface area contributed by atoms with Crippen molar-refractivity contribution in [3.63, 3.8) is 0 Å². The maximum Gasteiger partial charge on any atom is 0.0108 e. The Hall–Kier alpha value is -0.0800. The van der Waals surface area contributed by atoms with Crippen molar-refractivity contribution in [2.75, 3.05) is 32.7 Å². The first-order valence-electron chi connectivity index (χ1n) is 7.34. The molecule has 4 fully saturated rings. The van der Waals surface area contributed by atoms with Crippen molar-refractivity contribution in [3.8, 4) is 0 Å². The first-order valence-corrected chi connectivity index (χ1v) is 7.34. The highest BCUT2D eigenvalue weighted by Crippen LogP contribution is 2.76. The average molecular weight is 236 g/mol. The SMILES string of the molecule is CC(C)(C)CC12CC(CN3CCNCC3)(C1)C2. The first-order chi connectivity index (χ1) is 7.91. The van der Waals surface area contributed by atoms with E-state index in [-0.39, 0.29) is 0 Å². The van der Waals surface area contributed by atoms with Crippen molar-refractivity contribution < 1.29 is 0 Å². The van der Waals surface area contributed by atoms with Crippen LogP contribution in [0, 0.1) is 16.2 Å². The summed E-state index contributed by atoms with van der Waals surface area (Å²) in [6.07, 6.45) is 6.03. The van der Waals surface area contributed by atoms with Gasteiger partial charge in [0.1, 0.15) is 0 Å². The highest BCUT2D eigenvalue weighted by molar-refractivity contribution is 5.18. The predicted molar refractivity (Wildman–Crippen MR) is 72.1 cm³/mol. The van der Waals surface area contributed by atoms with Gasteiger partial charge in [0, 0.05) is 32.7 Å². The van der Waals surface area contributed by atoms with Crippen LogP contribution in [0.25, 0.3) is 0 Å². The quantitative estimate of drug-likeness (QED) is 0.810. The van der Waals surface area contributed by atoms with Crippen molar-refractivity contribution in [1.29, 1.82) is 0 Å². The van der Waals surface area contributed by atoms with E-state index in [2.05, 4.69) is 31.0 Å². The van der Waals surface area contributed by atoms with Gasteiger partial charge in [-0.1, -0.05) is 20.8 Å². The lowest BCUT2D eigenvalue weighted by Crippen LogP contribution is -2.67. The zero-order valence-electron chi connectivity index (χ0n) is 11.8. The lowest BCUT2D eigenvalue weighted by atomic mass is 9.33. The molecule has 1 N–H and O–H groups in total. The lowest BCUT2D eigenvalue weighted by Gasteiger charge is -2.73. The van der Waals surface area contributed by atoms with Gasteiger partial charge in [0.2, 0.25) is 0 Å². The van der Waals surface area contributed by atoms with Gasteiger partial charge in [0.25, 0.3) is 0 Å². The van der Waals surface area contributed by atoms with Gasteiger partial charge in [-0.05, 0) is 41.9 Å². The molecule has 0 unspecified atom stereocenters. The fraction of sp³-hybridized carbons (Fsp3) is 1.00. The van der Waals surface area contributed by atoms with Crippen LogP contribution >= 0.6 is 0 Å². The van der Waals surface area contributed by atoms with Crippen molar-refractivity contribution in [1.82, 2.24) is 10.2 Å². The lowest BCUT2D eigenvalue weighted by molar-refractivity contribution is -0.227. The van der Waals surface area contributed by atoms with E-state index < -0.39 is 0 Å². The summed E-state index contributed by atoms with van der Waals surface area (Å²) in [5, 5.41) is 3.45. The van der Waals surface area contributed by atoms with Gasteiger partial charge in [-0.2, -0.15) is 0 Å². The van der Waals surface area contributed by atoms with Crippen LogP contribution in [0.4, 0.5) is 0 Å². The van der Waals surface area contributed by atoms with Crippen LogP contribution in [0.1, 0.15) is 46.5 Å². The molecule has 2 bridgehead atoms. The van der Waals surface area contributed by atoms with E-state index in [4.69, 9.17) is 0 Å². The fourth-order valence-electron chi connectivity index (χ4n) is 5.05. The molecular formula is C15H28N2. The Morgan fingerprint density at radius 1 is 1.00 bits per heavy atom. The minimum Gasteiger partial charge on any atom is -0.314 e. The Labute approximate surface area is 106 Å². The molecule has 0 spiro atoms. The summed E-state index contributed by atoms with van der Waals surface area (Å²) in [7, 11) is 0. The van der Waals surface area contributed by atoms with E-state index in [1.165, 1.54) is 58.4 Å². The molecule has 0 aromatic carbocycles. The molecule has 0 radical (unpaired) electrons. The summed E-state index contributed by atoms with van der Waals surface area (Å²) in [5.41, 5.74) is 2.05. The summed E-state index contributed by atoms with van der Waals surface area (Å²) in [6, 6.07) is 0. The summed E-state index contributed by atoms with van der Waals surface area (Å²) >= 11 is 0. The van der Waals surface area contributed by atoms with E-state index >= 15 is 0 Å². The topological polar surface area (TPSA) is 15.3 Å². The van der Waals surface area contributed by atoms with E-state index in [0.29, 0.717) is 5.41 Å². The minimum absolute atomic E-state index is 0.529. The van der Waals surface area contributed by atoms with Gasteiger partial charge >= 0.3 is 0 Å². The van der Waals surface area contributed by atoms with Crippen molar-refractivity contribution in [2.24, 2.45) is 16.2 Å². The summed E-state index contributed by atoms with van der Waals surface area (Å²) in [5.74, 6) is 0. The molecular weight excluding hydrogens is 208 g/mol. The van der Waals surface area contributed by atoms with Gasteiger partial charge in [0.05, 0.1) is 0 Å². The molecule has 0 amide bonds. The number of hydrogen-bond donors (Lipinski definition) is 1. The highest BCUT2D eigenvalue weighted by Gasteiger charge is 2.67. The number of hydrogen-bond acceptors (Lipinski definition) is 2. The van der Waals surface area contributed by atoms with E-state index in [0.717, 1.165) is 10.8 Å². The molecule has 3 aliphatic carbocycles. The molecule has 1 saturated heterocycles. The standard InChI is InChI=1S/C15H28N2/c1-13(2,3)8-14-9-15(10-14,11-14)12-17-6-4-16-5-7-17/h16H,4-12H2,1-3H3. The van der Waals surface area contributed by atoms with E-state index in [1.807, 2.05) is 0 Å². The molecule has 3 saturated carbocycles. The Bertz CT molecular complexity index is 277. The smallest absolute Gasteiger partial charge is 0.0108 e. The Kier molecular flexibility index (Phi) is 2.61. The Balaban J connectivity index is 1.48. The maximum atomic E-state index is 3.45. The molecule has 4 rings (SSSR count). The van der Waals surface area contributed by atoms with Gasteiger partial charge in [-0.15, -0.1) is 0 Å². The molecule has 0 aromatic heterocycles. The molecule has 0 atom stereocenters. The summed E-state index contributed by atoms with van der Waals surface area (Å²) < 4.78 is 0. The highest BCUT2D eigenvalue weighted by atomic mass is 15.2. The molecule has 17 heavy (non-hydrogen) atoms. The largest absolute Gasteiger partial charge is 0.314 e. The zero-order chi connectivity index (χ0) is 12.1. The third-order valence-electron chi connectivity index (χ3n) is 4.92. The van der Waals surface area contributed by atoms with Crippen LogP contribution in [0.3, 0.4) is 0 Å². The van der Waals surface area contributed by atoms with Crippen LogP contribution < -0.4 is 5.32 Å². The van der Waals surface area contributed by atoms with Crippen molar-refractivity contribution >= 4 is 0 Å².